The first kappa shape index (κ1) is 28.2. The molecule has 5 nitrogen and oxygen atoms in total. The second-order valence-corrected chi connectivity index (χ2v) is 10.6. The molecule has 5 rings (SSSR count). The summed E-state index contributed by atoms with van der Waals surface area (Å²) in [7, 11) is 0. The first-order chi connectivity index (χ1) is 20.0. The number of hydrogen-bond acceptors (Lipinski definition) is 3. The Hall–Kier alpha value is -4.29. The molecule has 0 spiro atoms. The van der Waals surface area contributed by atoms with E-state index in [4.69, 9.17) is 0 Å². The molecule has 6 heteroatoms. The fourth-order valence-electron chi connectivity index (χ4n) is 5.65. The van der Waals surface area contributed by atoms with Crippen LogP contribution < -0.4 is 10.2 Å². The summed E-state index contributed by atoms with van der Waals surface area (Å²) >= 11 is 0. The van der Waals surface area contributed by atoms with Gasteiger partial charge in [0.1, 0.15) is 11.4 Å². The van der Waals surface area contributed by atoms with Gasteiger partial charge in [0.15, 0.2) is 0 Å². The summed E-state index contributed by atoms with van der Waals surface area (Å²) in [6.45, 7) is 2.62. The lowest BCUT2D eigenvalue weighted by Crippen LogP contribution is -2.65. The molecule has 1 aliphatic rings. The number of anilines is 1. The van der Waals surface area contributed by atoms with E-state index in [0.29, 0.717) is 50.1 Å². The summed E-state index contributed by atoms with van der Waals surface area (Å²) in [5.41, 5.74) is 2.26. The van der Waals surface area contributed by atoms with Crippen molar-refractivity contribution in [3.63, 3.8) is 0 Å². The Bertz CT molecular complexity index is 1420. The van der Waals surface area contributed by atoms with E-state index in [1.54, 1.807) is 23.1 Å². The number of likely N-dealkylation sites (tertiary alicyclic amines) is 1. The molecule has 4 aromatic rings. The molecule has 2 amide bonds. The molecular weight excluding hydrogens is 513 g/mol. The summed E-state index contributed by atoms with van der Waals surface area (Å²) in [6, 6.07) is 35.5. The molecule has 0 unspecified atom stereocenters. The second kappa shape index (κ2) is 13.4. The highest BCUT2D eigenvalue weighted by Crippen LogP contribution is 2.35. The van der Waals surface area contributed by atoms with Crippen LogP contribution in [0, 0.1) is 5.82 Å². The van der Waals surface area contributed by atoms with E-state index in [1.807, 2.05) is 60.7 Å². The number of piperidine rings is 1. The minimum absolute atomic E-state index is 0.176. The van der Waals surface area contributed by atoms with Gasteiger partial charge in [-0.1, -0.05) is 78.9 Å². The van der Waals surface area contributed by atoms with E-state index >= 15 is 0 Å². The highest BCUT2D eigenvalue weighted by atomic mass is 19.1. The summed E-state index contributed by atoms with van der Waals surface area (Å²) in [5.74, 6) is -0.670. The number of benzene rings is 4. The van der Waals surface area contributed by atoms with Crippen molar-refractivity contribution < 1.29 is 14.0 Å². The molecule has 1 fully saturated rings. The van der Waals surface area contributed by atoms with Gasteiger partial charge in [-0.3, -0.25) is 14.5 Å². The van der Waals surface area contributed by atoms with Gasteiger partial charge in [0, 0.05) is 37.4 Å². The number of nitrogens with one attached hydrogen (secondary N) is 1. The van der Waals surface area contributed by atoms with Crippen molar-refractivity contribution in [2.24, 2.45) is 0 Å². The maximum absolute atomic E-state index is 14.2. The molecule has 4 aromatic carbocycles. The van der Waals surface area contributed by atoms with Gasteiger partial charge >= 0.3 is 0 Å². The van der Waals surface area contributed by atoms with Crippen molar-refractivity contribution >= 4 is 17.5 Å². The summed E-state index contributed by atoms with van der Waals surface area (Å²) in [4.78, 5) is 32.5. The topological polar surface area (TPSA) is 52.7 Å². The normalized spacial score (nSPS) is 14.8. The van der Waals surface area contributed by atoms with Gasteiger partial charge in [-0.05, 0) is 73.2 Å². The second-order valence-electron chi connectivity index (χ2n) is 10.6. The Morgan fingerprint density at radius 1 is 0.756 bits per heavy atom. The molecule has 0 saturated carbocycles. The number of rotatable bonds is 10. The first-order valence-corrected chi connectivity index (χ1v) is 14.3. The average Bonchev–Trinajstić information content (AvgIpc) is 3.02. The Morgan fingerprint density at radius 3 is 2.02 bits per heavy atom. The van der Waals surface area contributed by atoms with Crippen LogP contribution in [0.5, 0.6) is 0 Å². The van der Waals surface area contributed by atoms with Gasteiger partial charge in [-0.25, -0.2) is 4.39 Å². The van der Waals surface area contributed by atoms with Crippen LogP contribution in [0.2, 0.25) is 0 Å². The van der Waals surface area contributed by atoms with E-state index in [0.717, 1.165) is 18.5 Å². The lowest BCUT2D eigenvalue weighted by molar-refractivity contribution is -0.128. The van der Waals surface area contributed by atoms with Gasteiger partial charge in [0.2, 0.25) is 5.91 Å². The van der Waals surface area contributed by atoms with E-state index in [2.05, 4.69) is 34.5 Å². The van der Waals surface area contributed by atoms with Crippen LogP contribution in [-0.2, 0) is 17.6 Å². The SMILES string of the molecule is O=C(c1ccccc1)N(c1ccccc1)C1(C(=O)NCCc2cccc(F)c2)CCN(CCc2ccccc2)CC1. The molecule has 41 heavy (non-hydrogen) atoms. The molecule has 0 bridgehead atoms. The number of halogens is 1. The standard InChI is InChI=1S/C35H36FN3O2/c36-31-16-10-13-29(27-31)19-23-37-34(41)35(21-25-38(26-22-35)24-20-28-11-4-1-5-12-28)39(32-17-8-3-9-18-32)33(40)30-14-6-2-7-15-30/h1-18,27H,19-26H2,(H,37,41). The zero-order valence-corrected chi connectivity index (χ0v) is 23.2. The molecule has 1 saturated heterocycles. The molecule has 0 atom stereocenters. The Morgan fingerprint density at radius 2 is 1.37 bits per heavy atom. The van der Waals surface area contributed by atoms with E-state index in [-0.39, 0.29) is 17.6 Å². The van der Waals surface area contributed by atoms with Crippen molar-refractivity contribution in [3.8, 4) is 0 Å². The zero-order chi connectivity index (χ0) is 28.5. The van der Waals surface area contributed by atoms with Crippen molar-refractivity contribution in [2.75, 3.05) is 31.1 Å². The summed E-state index contributed by atoms with van der Waals surface area (Å²) in [6.07, 6.45) is 2.43. The highest BCUT2D eigenvalue weighted by Gasteiger charge is 2.49. The molecule has 0 aromatic heterocycles. The molecule has 1 heterocycles. The third kappa shape index (κ3) is 6.90. The van der Waals surface area contributed by atoms with Crippen molar-refractivity contribution in [1.82, 2.24) is 10.2 Å². The largest absolute Gasteiger partial charge is 0.354 e. The third-order valence-electron chi connectivity index (χ3n) is 7.92. The monoisotopic (exact) mass is 549 g/mol. The lowest BCUT2D eigenvalue weighted by Gasteiger charge is -2.47. The fraction of sp³-hybridized carbons (Fsp3) is 0.257. The van der Waals surface area contributed by atoms with Crippen LogP contribution in [0.4, 0.5) is 10.1 Å². The Balaban J connectivity index is 1.41. The maximum atomic E-state index is 14.2. The van der Waals surface area contributed by atoms with Crippen LogP contribution in [-0.4, -0.2) is 48.4 Å². The van der Waals surface area contributed by atoms with Crippen LogP contribution in [0.15, 0.2) is 115 Å². The van der Waals surface area contributed by atoms with Gasteiger partial charge < -0.3 is 10.2 Å². The quantitative estimate of drug-likeness (QED) is 0.268. The average molecular weight is 550 g/mol. The molecule has 210 valence electrons. The van der Waals surface area contributed by atoms with Gasteiger partial charge in [-0.2, -0.15) is 0 Å². The van der Waals surface area contributed by atoms with Crippen molar-refractivity contribution in [2.45, 2.75) is 31.2 Å². The minimum Gasteiger partial charge on any atom is -0.354 e. The van der Waals surface area contributed by atoms with E-state index in [9.17, 15) is 14.0 Å². The number of nitrogens with zero attached hydrogens (tertiary/aromatic N) is 2. The fourth-order valence-corrected chi connectivity index (χ4v) is 5.65. The predicted molar refractivity (Wildman–Crippen MR) is 161 cm³/mol. The number of carbonyl (C=O) groups is 2. The van der Waals surface area contributed by atoms with Gasteiger partial charge in [0.25, 0.3) is 5.91 Å². The lowest BCUT2D eigenvalue weighted by atomic mass is 9.83. The third-order valence-corrected chi connectivity index (χ3v) is 7.92. The van der Waals surface area contributed by atoms with E-state index < -0.39 is 5.54 Å². The molecule has 0 radical (unpaired) electrons. The summed E-state index contributed by atoms with van der Waals surface area (Å²) < 4.78 is 13.7. The Labute approximate surface area is 241 Å². The number of para-hydroxylation sites is 1. The molecule has 0 aliphatic carbocycles. The van der Waals surface area contributed by atoms with Crippen LogP contribution in [0.25, 0.3) is 0 Å². The van der Waals surface area contributed by atoms with Crippen LogP contribution >= 0.6 is 0 Å². The Kier molecular flexibility index (Phi) is 9.22. The highest BCUT2D eigenvalue weighted by molar-refractivity contribution is 6.11. The van der Waals surface area contributed by atoms with Crippen LogP contribution in [0.3, 0.4) is 0 Å². The molecule has 1 aliphatic heterocycles. The summed E-state index contributed by atoms with van der Waals surface area (Å²) in [5, 5.41) is 3.12. The number of amides is 2. The van der Waals surface area contributed by atoms with Crippen molar-refractivity contribution in [3.05, 3.63) is 138 Å². The molecular formula is C35H36FN3O2. The number of carbonyl (C=O) groups excluding carboxylic acids is 2. The first-order valence-electron chi connectivity index (χ1n) is 14.3. The smallest absolute Gasteiger partial charge is 0.259 e. The minimum atomic E-state index is -1.07. The maximum Gasteiger partial charge on any atom is 0.259 e. The van der Waals surface area contributed by atoms with Crippen LogP contribution in [0.1, 0.15) is 34.3 Å². The van der Waals surface area contributed by atoms with Gasteiger partial charge in [-0.15, -0.1) is 0 Å². The van der Waals surface area contributed by atoms with Gasteiger partial charge in [0.05, 0.1) is 0 Å². The van der Waals surface area contributed by atoms with E-state index in [1.165, 1.54) is 17.7 Å². The predicted octanol–water partition coefficient (Wildman–Crippen LogP) is 5.91. The van der Waals surface area contributed by atoms with Crippen molar-refractivity contribution in [1.29, 1.82) is 0 Å². The zero-order valence-electron chi connectivity index (χ0n) is 23.2. The number of hydrogen-bond donors (Lipinski definition) is 1. The molecule has 1 N–H and O–H groups in total.